The maximum Gasteiger partial charge on any atom is 0.258 e. The highest BCUT2D eigenvalue weighted by molar-refractivity contribution is 7.09. The van der Waals surface area contributed by atoms with Crippen LogP contribution in [0.4, 0.5) is 0 Å². The van der Waals surface area contributed by atoms with E-state index in [4.69, 9.17) is 4.74 Å². The minimum Gasteiger partial charge on any atom is -0.508 e. The standard InChI is InChI=1S/C19H18N2O3S/c1-13-2-8-16(9-3-13)24-11-18(23)20-10-19-21-17(12-25-19)14-4-6-15(22)7-5-14/h2-9,12,22H,10-11H2,1H3,(H,20,23). The smallest absolute Gasteiger partial charge is 0.258 e. The van der Waals surface area contributed by atoms with Gasteiger partial charge >= 0.3 is 0 Å². The first kappa shape index (κ1) is 17.0. The second-order valence-electron chi connectivity index (χ2n) is 5.55. The van der Waals surface area contributed by atoms with Crippen molar-refractivity contribution in [1.29, 1.82) is 0 Å². The van der Waals surface area contributed by atoms with Gasteiger partial charge in [-0.25, -0.2) is 4.98 Å². The molecule has 3 rings (SSSR count). The maximum atomic E-state index is 11.9. The molecule has 0 saturated carbocycles. The van der Waals surface area contributed by atoms with Crippen molar-refractivity contribution in [2.75, 3.05) is 6.61 Å². The van der Waals surface area contributed by atoms with E-state index >= 15 is 0 Å². The maximum absolute atomic E-state index is 11.9. The number of aromatic nitrogens is 1. The number of thiazole rings is 1. The number of carbonyl (C=O) groups excluding carboxylic acids is 1. The molecule has 0 aliphatic carbocycles. The number of aromatic hydroxyl groups is 1. The SMILES string of the molecule is Cc1ccc(OCC(=O)NCc2nc(-c3ccc(O)cc3)cs2)cc1. The molecule has 0 bridgehead atoms. The Kier molecular flexibility index (Phi) is 5.30. The van der Waals surface area contributed by atoms with Crippen LogP contribution < -0.4 is 10.1 Å². The van der Waals surface area contributed by atoms with Crippen LogP contribution in [0.25, 0.3) is 11.3 Å². The molecule has 25 heavy (non-hydrogen) atoms. The lowest BCUT2D eigenvalue weighted by Crippen LogP contribution is -2.28. The quantitative estimate of drug-likeness (QED) is 0.710. The minimum atomic E-state index is -0.193. The molecule has 6 heteroatoms. The molecular formula is C19H18N2O3S. The second-order valence-corrected chi connectivity index (χ2v) is 6.49. The van der Waals surface area contributed by atoms with Gasteiger partial charge in [0.25, 0.3) is 5.91 Å². The van der Waals surface area contributed by atoms with Crippen molar-refractivity contribution in [2.45, 2.75) is 13.5 Å². The number of hydrogen-bond acceptors (Lipinski definition) is 5. The summed E-state index contributed by atoms with van der Waals surface area (Å²) in [6.07, 6.45) is 0. The van der Waals surface area contributed by atoms with Gasteiger partial charge in [-0.05, 0) is 43.3 Å². The van der Waals surface area contributed by atoms with Crippen molar-refractivity contribution in [3.63, 3.8) is 0 Å². The fraction of sp³-hybridized carbons (Fsp3) is 0.158. The van der Waals surface area contributed by atoms with Gasteiger partial charge in [0.15, 0.2) is 6.61 Å². The summed E-state index contributed by atoms with van der Waals surface area (Å²) in [4.78, 5) is 16.4. The van der Waals surface area contributed by atoms with Crippen LogP contribution >= 0.6 is 11.3 Å². The highest BCUT2D eigenvalue weighted by Gasteiger charge is 2.07. The minimum absolute atomic E-state index is 0.0285. The van der Waals surface area contributed by atoms with Crippen molar-refractivity contribution in [1.82, 2.24) is 10.3 Å². The van der Waals surface area contributed by atoms with Gasteiger partial charge in [-0.1, -0.05) is 17.7 Å². The molecule has 0 saturated heterocycles. The largest absolute Gasteiger partial charge is 0.508 e. The summed E-state index contributed by atoms with van der Waals surface area (Å²) >= 11 is 1.48. The van der Waals surface area contributed by atoms with Gasteiger partial charge in [0, 0.05) is 10.9 Å². The van der Waals surface area contributed by atoms with Crippen molar-refractivity contribution in [2.24, 2.45) is 0 Å². The van der Waals surface area contributed by atoms with Crippen LogP contribution in [0.1, 0.15) is 10.6 Å². The van der Waals surface area contributed by atoms with Crippen LogP contribution in [-0.2, 0) is 11.3 Å². The van der Waals surface area contributed by atoms with E-state index in [0.717, 1.165) is 21.8 Å². The number of hydrogen-bond donors (Lipinski definition) is 2. The first-order chi connectivity index (χ1) is 12.1. The fourth-order valence-electron chi connectivity index (χ4n) is 2.17. The molecule has 0 aliphatic rings. The summed E-state index contributed by atoms with van der Waals surface area (Å²) in [7, 11) is 0. The third-order valence-electron chi connectivity index (χ3n) is 3.54. The van der Waals surface area contributed by atoms with E-state index in [0.29, 0.717) is 12.3 Å². The Morgan fingerprint density at radius 1 is 1.16 bits per heavy atom. The summed E-state index contributed by atoms with van der Waals surface area (Å²) in [5.74, 6) is 0.701. The summed E-state index contributed by atoms with van der Waals surface area (Å²) in [6.45, 7) is 2.33. The van der Waals surface area contributed by atoms with Crippen LogP contribution in [0.5, 0.6) is 11.5 Å². The molecule has 2 N–H and O–H groups in total. The molecule has 3 aromatic rings. The van der Waals surface area contributed by atoms with Gasteiger partial charge in [-0.15, -0.1) is 11.3 Å². The number of nitrogens with zero attached hydrogens (tertiary/aromatic N) is 1. The number of phenolic OH excluding ortho intramolecular Hbond substituents is 1. The Morgan fingerprint density at radius 3 is 2.60 bits per heavy atom. The highest BCUT2D eigenvalue weighted by Crippen LogP contribution is 2.23. The van der Waals surface area contributed by atoms with E-state index in [1.165, 1.54) is 11.3 Å². The highest BCUT2D eigenvalue weighted by atomic mass is 32.1. The molecule has 1 aromatic heterocycles. The normalized spacial score (nSPS) is 10.4. The topological polar surface area (TPSA) is 71.5 Å². The lowest BCUT2D eigenvalue weighted by Gasteiger charge is -2.06. The van der Waals surface area contributed by atoms with Gasteiger partial charge in [0.05, 0.1) is 12.2 Å². The number of ether oxygens (including phenoxy) is 1. The van der Waals surface area contributed by atoms with Gasteiger partial charge in [0.2, 0.25) is 0 Å². The lowest BCUT2D eigenvalue weighted by molar-refractivity contribution is -0.123. The van der Waals surface area contributed by atoms with E-state index in [-0.39, 0.29) is 18.3 Å². The number of benzene rings is 2. The Hall–Kier alpha value is -2.86. The molecule has 0 fully saturated rings. The number of carbonyl (C=O) groups is 1. The molecule has 2 aromatic carbocycles. The monoisotopic (exact) mass is 354 g/mol. The van der Waals surface area contributed by atoms with E-state index < -0.39 is 0 Å². The lowest BCUT2D eigenvalue weighted by atomic mass is 10.2. The predicted octanol–water partition coefficient (Wildman–Crippen LogP) is 3.52. The van der Waals surface area contributed by atoms with E-state index in [9.17, 15) is 9.90 Å². The van der Waals surface area contributed by atoms with Crippen molar-refractivity contribution in [3.05, 3.63) is 64.5 Å². The number of aryl methyl sites for hydroxylation is 1. The molecule has 0 aliphatic heterocycles. The number of rotatable bonds is 6. The van der Waals surface area contributed by atoms with Gasteiger partial charge in [-0.2, -0.15) is 0 Å². The number of nitrogens with one attached hydrogen (secondary N) is 1. The molecule has 1 heterocycles. The summed E-state index contributed by atoms with van der Waals surface area (Å²) in [6, 6.07) is 14.4. The van der Waals surface area contributed by atoms with Gasteiger partial charge in [-0.3, -0.25) is 4.79 Å². The van der Waals surface area contributed by atoms with E-state index in [1.54, 1.807) is 12.1 Å². The first-order valence-corrected chi connectivity index (χ1v) is 8.68. The fourth-order valence-corrected chi connectivity index (χ4v) is 2.91. The third kappa shape index (κ3) is 4.81. The average Bonchev–Trinajstić information content (AvgIpc) is 3.09. The second kappa shape index (κ2) is 7.81. The number of phenols is 1. The molecular weight excluding hydrogens is 336 g/mol. The summed E-state index contributed by atoms with van der Waals surface area (Å²) < 4.78 is 5.44. The van der Waals surface area contributed by atoms with Crippen molar-refractivity contribution in [3.8, 4) is 22.8 Å². The molecule has 0 atom stereocenters. The van der Waals surface area contributed by atoms with Gasteiger partial charge in [0.1, 0.15) is 16.5 Å². The molecule has 0 radical (unpaired) electrons. The summed E-state index contributed by atoms with van der Waals surface area (Å²) in [5, 5.41) is 14.9. The van der Waals surface area contributed by atoms with Crippen LogP contribution in [0.2, 0.25) is 0 Å². The first-order valence-electron chi connectivity index (χ1n) is 7.80. The molecule has 5 nitrogen and oxygen atoms in total. The van der Waals surface area contributed by atoms with Crippen LogP contribution in [0.3, 0.4) is 0 Å². The average molecular weight is 354 g/mol. The van der Waals surface area contributed by atoms with Crippen molar-refractivity contribution >= 4 is 17.2 Å². The zero-order valence-electron chi connectivity index (χ0n) is 13.7. The number of amides is 1. The Morgan fingerprint density at radius 2 is 1.88 bits per heavy atom. The molecule has 128 valence electrons. The zero-order chi connectivity index (χ0) is 17.6. The Labute approximate surface area is 149 Å². The predicted molar refractivity (Wildman–Crippen MR) is 97.7 cm³/mol. The Balaban J connectivity index is 1.49. The zero-order valence-corrected chi connectivity index (χ0v) is 14.5. The van der Waals surface area contributed by atoms with Crippen LogP contribution in [-0.4, -0.2) is 22.6 Å². The van der Waals surface area contributed by atoms with Crippen LogP contribution in [0.15, 0.2) is 53.9 Å². The van der Waals surface area contributed by atoms with E-state index in [2.05, 4.69) is 10.3 Å². The van der Waals surface area contributed by atoms with E-state index in [1.807, 2.05) is 48.7 Å². The Bertz CT molecular complexity index is 842. The van der Waals surface area contributed by atoms with Crippen LogP contribution in [0, 0.1) is 6.92 Å². The molecule has 0 spiro atoms. The van der Waals surface area contributed by atoms with Crippen molar-refractivity contribution < 1.29 is 14.6 Å². The summed E-state index contributed by atoms with van der Waals surface area (Å²) in [5.41, 5.74) is 2.89. The van der Waals surface area contributed by atoms with Gasteiger partial charge < -0.3 is 15.2 Å². The molecule has 1 amide bonds. The third-order valence-corrected chi connectivity index (χ3v) is 4.39. The molecule has 0 unspecified atom stereocenters.